The maximum absolute atomic E-state index is 9.20. The molecule has 5 nitrogen and oxygen atoms in total. The third kappa shape index (κ3) is 2.75. The topological polar surface area (TPSA) is 76.9 Å². The smallest absolute Gasteiger partial charge is 0.253 e. The maximum Gasteiger partial charge on any atom is 0.253 e. The highest BCUT2D eigenvalue weighted by Crippen LogP contribution is 2.27. The molecule has 104 valence electrons. The van der Waals surface area contributed by atoms with Crippen LogP contribution < -0.4 is 10.5 Å². The maximum atomic E-state index is 9.20. The second-order valence-electron chi connectivity index (χ2n) is 4.65. The minimum Gasteiger partial charge on any atom is -0.471 e. The second kappa shape index (κ2) is 6.11. The van der Waals surface area contributed by atoms with Crippen LogP contribution in [-0.2, 0) is 6.61 Å². The Bertz CT molecular complexity index is 613. The van der Waals surface area contributed by atoms with E-state index in [0.29, 0.717) is 23.9 Å². The quantitative estimate of drug-likeness (QED) is 0.906. The summed E-state index contributed by atoms with van der Waals surface area (Å²) in [5.74, 6) is 0.666. The summed E-state index contributed by atoms with van der Waals surface area (Å²) >= 11 is 0. The molecule has 1 aromatic heterocycles. The first kappa shape index (κ1) is 13.9. The van der Waals surface area contributed by atoms with Gasteiger partial charge in [-0.1, -0.05) is 37.3 Å². The van der Waals surface area contributed by atoms with Crippen LogP contribution in [0, 0.1) is 11.3 Å². The Kier molecular flexibility index (Phi) is 4.26. The monoisotopic (exact) mass is 270 g/mol. The van der Waals surface area contributed by atoms with E-state index in [1.807, 2.05) is 44.2 Å². The molecule has 20 heavy (non-hydrogen) atoms. The van der Waals surface area contributed by atoms with E-state index in [-0.39, 0.29) is 6.04 Å². The van der Waals surface area contributed by atoms with Crippen molar-refractivity contribution in [2.24, 2.45) is 0 Å². The molecule has 1 atom stereocenters. The first-order chi connectivity index (χ1) is 9.67. The van der Waals surface area contributed by atoms with Crippen LogP contribution in [0.4, 0.5) is 5.82 Å². The van der Waals surface area contributed by atoms with Gasteiger partial charge in [-0.25, -0.2) is 4.68 Å². The molecular weight excluding hydrogens is 252 g/mol. The lowest BCUT2D eigenvalue weighted by Crippen LogP contribution is -2.09. The normalized spacial score (nSPS) is 11.8. The highest BCUT2D eigenvalue weighted by Gasteiger charge is 2.19. The van der Waals surface area contributed by atoms with Crippen molar-refractivity contribution in [3.63, 3.8) is 0 Å². The Morgan fingerprint density at radius 1 is 1.40 bits per heavy atom. The molecule has 0 unspecified atom stereocenters. The molecule has 1 aromatic carbocycles. The van der Waals surface area contributed by atoms with E-state index in [0.717, 1.165) is 12.0 Å². The highest BCUT2D eigenvalue weighted by atomic mass is 16.5. The average Bonchev–Trinajstić information content (AvgIpc) is 2.81. The van der Waals surface area contributed by atoms with E-state index in [2.05, 4.69) is 11.2 Å². The largest absolute Gasteiger partial charge is 0.471 e. The molecule has 0 aliphatic heterocycles. The van der Waals surface area contributed by atoms with Crippen LogP contribution in [0.1, 0.15) is 37.4 Å². The summed E-state index contributed by atoms with van der Waals surface area (Å²) in [6.07, 6.45) is 0.884. The Balaban J connectivity index is 2.22. The van der Waals surface area contributed by atoms with Crippen LogP contribution in [0.15, 0.2) is 30.3 Å². The molecule has 0 aliphatic carbocycles. The molecule has 5 heteroatoms. The fraction of sp³-hybridized carbons (Fsp3) is 0.333. The van der Waals surface area contributed by atoms with Crippen LogP contribution in [0.5, 0.6) is 5.88 Å². The molecule has 2 aromatic rings. The number of rotatable bonds is 5. The summed E-state index contributed by atoms with van der Waals surface area (Å²) in [5.41, 5.74) is 7.29. The van der Waals surface area contributed by atoms with Gasteiger partial charge in [-0.05, 0) is 18.9 Å². The predicted octanol–water partition coefficient (Wildman–Crippen LogP) is 2.89. The number of nitrogens with zero attached hydrogens (tertiary/aromatic N) is 3. The minimum absolute atomic E-state index is 0.135. The molecule has 0 spiro atoms. The molecule has 0 bridgehead atoms. The van der Waals surface area contributed by atoms with Crippen molar-refractivity contribution >= 4 is 5.82 Å². The number of aromatic nitrogens is 2. The lowest BCUT2D eigenvalue weighted by atomic mass is 10.2. The standard InChI is InChI=1S/C15H18N4O/c1-3-11(2)19-14(17)13(9-16)15(18-19)20-10-12-7-5-4-6-8-12/h4-8,11H,3,10,17H2,1-2H3/t11-/m1/s1. The number of hydrogen-bond acceptors (Lipinski definition) is 4. The summed E-state index contributed by atoms with van der Waals surface area (Å²) in [6, 6.07) is 11.9. The van der Waals surface area contributed by atoms with Gasteiger partial charge in [0.15, 0.2) is 5.56 Å². The minimum atomic E-state index is 0.135. The van der Waals surface area contributed by atoms with Crippen LogP contribution >= 0.6 is 0 Å². The van der Waals surface area contributed by atoms with Gasteiger partial charge in [0.05, 0.1) is 6.04 Å². The zero-order chi connectivity index (χ0) is 14.5. The number of nitrogen functional groups attached to an aromatic ring is 1. The van der Waals surface area contributed by atoms with Crippen LogP contribution in [0.3, 0.4) is 0 Å². The van der Waals surface area contributed by atoms with Gasteiger partial charge in [-0.3, -0.25) is 0 Å². The summed E-state index contributed by atoms with van der Waals surface area (Å²) in [5, 5.41) is 13.5. The fourth-order valence-electron chi connectivity index (χ4n) is 1.87. The van der Waals surface area contributed by atoms with E-state index in [4.69, 9.17) is 10.5 Å². The molecule has 2 N–H and O–H groups in total. The van der Waals surface area contributed by atoms with Crippen molar-refractivity contribution in [3.8, 4) is 11.9 Å². The molecule has 0 saturated heterocycles. The van der Waals surface area contributed by atoms with Crippen molar-refractivity contribution < 1.29 is 4.74 Å². The zero-order valence-electron chi connectivity index (χ0n) is 11.7. The first-order valence-electron chi connectivity index (χ1n) is 6.62. The number of nitrogens with two attached hydrogens (primary N) is 1. The van der Waals surface area contributed by atoms with Crippen LogP contribution in [0.2, 0.25) is 0 Å². The average molecular weight is 270 g/mol. The lowest BCUT2D eigenvalue weighted by molar-refractivity contribution is 0.286. The Labute approximate surface area is 118 Å². The van der Waals surface area contributed by atoms with Crippen molar-refractivity contribution in [2.45, 2.75) is 32.9 Å². The fourth-order valence-corrected chi connectivity index (χ4v) is 1.87. The number of ether oxygens (including phenoxy) is 1. The number of anilines is 1. The number of nitriles is 1. The molecule has 0 aliphatic rings. The molecule has 0 amide bonds. The Hall–Kier alpha value is -2.48. The van der Waals surface area contributed by atoms with Crippen molar-refractivity contribution in [2.75, 3.05) is 5.73 Å². The summed E-state index contributed by atoms with van der Waals surface area (Å²) in [6.45, 7) is 4.42. The number of benzene rings is 1. The molecule has 0 radical (unpaired) electrons. The van der Waals surface area contributed by atoms with Crippen molar-refractivity contribution in [1.29, 1.82) is 5.26 Å². The van der Waals surface area contributed by atoms with Crippen molar-refractivity contribution in [3.05, 3.63) is 41.5 Å². The predicted molar refractivity (Wildman–Crippen MR) is 77.1 cm³/mol. The van der Waals surface area contributed by atoms with Gasteiger partial charge in [0.25, 0.3) is 5.88 Å². The molecule has 2 rings (SSSR count). The molecule has 1 heterocycles. The van der Waals surface area contributed by atoms with Gasteiger partial charge in [-0.2, -0.15) is 5.26 Å². The van der Waals surface area contributed by atoms with Gasteiger partial charge in [-0.15, -0.1) is 5.10 Å². The summed E-state index contributed by atoms with van der Waals surface area (Å²) < 4.78 is 7.29. The van der Waals surface area contributed by atoms with Crippen LogP contribution in [-0.4, -0.2) is 9.78 Å². The van der Waals surface area contributed by atoms with Gasteiger partial charge in [0.2, 0.25) is 0 Å². The Morgan fingerprint density at radius 3 is 2.70 bits per heavy atom. The second-order valence-corrected chi connectivity index (χ2v) is 4.65. The third-order valence-corrected chi connectivity index (χ3v) is 3.25. The molecular formula is C15H18N4O. The van der Waals surface area contributed by atoms with E-state index in [1.54, 1.807) is 4.68 Å². The van der Waals surface area contributed by atoms with Crippen LogP contribution in [0.25, 0.3) is 0 Å². The van der Waals surface area contributed by atoms with E-state index in [9.17, 15) is 5.26 Å². The van der Waals surface area contributed by atoms with Crippen molar-refractivity contribution in [1.82, 2.24) is 9.78 Å². The van der Waals surface area contributed by atoms with E-state index in [1.165, 1.54) is 0 Å². The Morgan fingerprint density at radius 2 is 2.10 bits per heavy atom. The number of hydrogen-bond donors (Lipinski definition) is 1. The highest BCUT2D eigenvalue weighted by molar-refractivity contribution is 5.55. The van der Waals surface area contributed by atoms with Gasteiger partial charge in [0.1, 0.15) is 18.5 Å². The molecule has 0 fully saturated rings. The zero-order valence-corrected chi connectivity index (χ0v) is 11.7. The summed E-state index contributed by atoms with van der Waals surface area (Å²) in [7, 11) is 0. The first-order valence-corrected chi connectivity index (χ1v) is 6.62. The summed E-state index contributed by atoms with van der Waals surface area (Å²) in [4.78, 5) is 0. The van der Waals surface area contributed by atoms with Gasteiger partial charge < -0.3 is 10.5 Å². The van der Waals surface area contributed by atoms with Gasteiger partial charge >= 0.3 is 0 Å². The SMILES string of the molecule is CC[C@@H](C)n1nc(OCc2ccccc2)c(C#N)c1N. The lowest BCUT2D eigenvalue weighted by Gasteiger charge is -2.10. The molecule has 0 saturated carbocycles. The van der Waals surface area contributed by atoms with E-state index < -0.39 is 0 Å². The van der Waals surface area contributed by atoms with Gasteiger partial charge in [0, 0.05) is 0 Å². The third-order valence-electron chi connectivity index (χ3n) is 3.25. The van der Waals surface area contributed by atoms with E-state index >= 15 is 0 Å².